The molecule has 1 rings (SSSR count). The van der Waals surface area contributed by atoms with Crippen molar-refractivity contribution >= 4 is 30.1 Å². The van der Waals surface area contributed by atoms with Crippen LogP contribution in [0.5, 0.6) is 0 Å². The van der Waals surface area contributed by atoms with Gasteiger partial charge in [-0.05, 0) is 32.0 Å². The lowest BCUT2D eigenvalue weighted by Crippen LogP contribution is -2.28. The minimum absolute atomic E-state index is 0.704. The van der Waals surface area contributed by atoms with Gasteiger partial charge in [0.15, 0.2) is 0 Å². The summed E-state index contributed by atoms with van der Waals surface area (Å²) in [6, 6.07) is 0. The van der Waals surface area contributed by atoms with Crippen LogP contribution in [0.4, 0.5) is 5.69 Å². The Morgan fingerprint density at radius 1 is 1.11 bits per heavy atom. The molecule has 0 saturated heterocycles. The molecule has 0 heterocycles. The summed E-state index contributed by atoms with van der Waals surface area (Å²) in [7, 11) is 0. The number of hydrogen-bond acceptors (Lipinski definition) is 5. The third-order valence-corrected chi connectivity index (χ3v) is 4.28. The van der Waals surface area contributed by atoms with Crippen LogP contribution in [0.15, 0.2) is 0 Å². The highest BCUT2D eigenvalue weighted by atomic mass is 32.1. The van der Waals surface area contributed by atoms with Gasteiger partial charge in [-0.25, -0.2) is 0 Å². The van der Waals surface area contributed by atoms with E-state index >= 15 is 0 Å². The molecule has 1 aromatic rings. The van der Waals surface area contributed by atoms with Crippen molar-refractivity contribution in [3.05, 3.63) is 14.6 Å². The standard InChI is InChI=1S/C14H24N2OS2/c1-4-7-16(5-2)8-10-17-9-6-15-12-11(3)13(18)14(12)19/h15H,4-10H2,1-3H3. The van der Waals surface area contributed by atoms with Gasteiger partial charge in [0.2, 0.25) is 0 Å². The molecule has 1 aromatic carbocycles. The molecule has 3 nitrogen and oxygen atoms in total. The Labute approximate surface area is 126 Å². The van der Waals surface area contributed by atoms with Gasteiger partial charge in [-0.1, -0.05) is 38.3 Å². The van der Waals surface area contributed by atoms with Crippen molar-refractivity contribution in [1.82, 2.24) is 4.90 Å². The van der Waals surface area contributed by atoms with E-state index < -0.39 is 0 Å². The molecule has 19 heavy (non-hydrogen) atoms. The fourth-order valence-corrected chi connectivity index (χ4v) is 2.59. The Bertz CT molecular complexity index is 452. The Balaban J connectivity index is 2.09. The second kappa shape index (κ2) is 8.74. The topological polar surface area (TPSA) is 24.5 Å². The van der Waals surface area contributed by atoms with Crippen LogP contribution >= 0.6 is 24.4 Å². The summed E-state index contributed by atoms with van der Waals surface area (Å²) in [5.74, 6) is 0. The van der Waals surface area contributed by atoms with Crippen molar-refractivity contribution in [3.8, 4) is 0 Å². The molecule has 1 N–H and O–H groups in total. The average molecular weight is 300 g/mol. The van der Waals surface area contributed by atoms with Gasteiger partial charge in [-0.2, -0.15) is 0 Å². The summed E-state index contributed by atoms with van der Waals surface area (Å²) in [6.07, 6.45) is 1.19. The third-order valence-electron chi connectivity index (χ3n) is 3.24. The van der Waals surface area contributed by atoms with Crippen LogP contribution in [0.2, 0.25) is 0 Å². The van der Waals surface area contributed by atoms with Crippen LogP contribution in [0, 0.1) is 15.9 Å². The molecule has 0 aromatic heterocycles. The zero-order valence-electron chi connectivity index (χ0n) is 12.1. The monoisotopic (exact) mass is 300 g/mol. The molecule has 0 atom stereocenters. The summed E-state index contributed by atoms with van der Waals surface area (Å²) in [5.41, 5.74) is 2.14. The molecule has 0 aliphatic heterocycles. The summed E-state index contributed by atoms with van der Waals surface area (Å²) >= 11 is 10.3. The minimum atomic E-state index is 0.704. The highest BCUT2D eigenvalue weighted by Crippen LogP contribution is 2.24. The van der Waals surface area contributed by atoms with E-state index in [0.29, 0.717) is 6.61 Å². The predicted molar refractivity (Wildman–Crippen MR) is 86.9 cm³/mol. The summed E-state index contributed by atoms with van der Waals surface area (Å²) in [6.45, 7) is 11.9. The van der Waals surface area contributed by atoms with Crippen molar-refractivity contribution < 1.29 is 4.74 Å². The second-order valence-corrected chi connectivity index (χ2v) is 5.45. The molecule has 0 saturated carbocycles. The van der Waals surface area contributed by atoms with E-state index in [1.54, 1.807) is 0 Å². The van der Waals surface area contributed by atoms with Crippen LogP contribution < -0.4 is 5.32 Å². The Morgan fingerprint density at radius 2 is 1.84 bits per heavy atom. The maximum absolute atomic E-state index is 5.63. The molecule has 0 radical (unpaired) electrons. The van der Waals surface area contributed by atoms with Crippen LogP contribution in [0.3, 0.4) is 0 Å². The zero-order chi connectivity index (χ0) is 14.3. The van der Waals surface area contributed by atoms with Gasteiger partial charge in [-0.15, -0.1) is 0 Å². The van der Waals surface area contributed by atoms with E-state index in [1.165, 1.54) is 6.42 Å². The number of hydrogen-bond donors (Lipinski definition) is 1. The molecule has 0 bridgehead atoms. The van der Waals surface area contributed by atoms with Crippen molar-refractivity contribution in [2.75, 3.05) is 44.7 Å². The Morgan fingerprint density at radius 3 is 2.42 bits per heavy atom. The maximum Gasteiger partial charge on any atom is 0.0795 e. The van der Waals surface area contributed by atoms with Crippen molar-refractivity contribution in [2.24, 2.45) is 0 Å². The molecule has 0 spiro atoms. The van der Waals surface area contributed by atoms with E-state index in [1.807, 2.05) is 6.92 Å². The molecular formula is C14H24N2OS2. The van der Waals surface area contributed by atoms with Crippen molar-refractivity contribution in [2.45, 2.75) is 27.2 Å². The first-order valence-electron chi connectivity index (χ1n) is 6.95. The van der Waals surface area contributed by atoms with Crippen LogP contribution in [-0.2, 0) is 4.74 Å². The van der Waals surface area contributed by atoms with Crippen LogP contribution in [-0.4, -0.2) is 44.3 Å². The number of anilines is 1. The molecular weight excluding hydrogens is 276 g/mol. The molecule has 0 aliphatic carbocycles. The molecule has 0 fully saturated rings. The molecule has 108 valence electrons. The minimum Gasteiger partial charge on any atom is -0.381 e. The van der Waals surface area contributed by atoms with E-state index in [2.05, 4.69) is 24.1 Å². The third kappa shape index (κ3) is 4.91. The quantitative estimate of drug-likeness (QED) is 0.527. The number of likely N-dealkylation sites (N-methyl/N-ethyl adjacent to an activating group) is 1. The summed E-state index contributed by atoms with van der Waals surface area (Å²) < 4.78 is 7.25. The zero-order valence-corrected chi connectivity index (χ0v) is 13.8. The first-order chi connectivity index (χ1) is 9.11. The number of ether oxygens (including phenoxy) is 1. The lowest BCUT2D eigenvalue weighted by atomic mass is 10.1. The Kier molecular flexibility index (Phi) is 7.68. The largest absolute Gasteiger partial charge is 0.381 e. The lowest BCUT2D eigenvalue weighted by Gasteiger charge is -2.19. The van der Waals surface area contributed by atoms with Gasteiger partial charge >= 0.3 is 0 Å². The van der Waals surface area contributed by atoms with Gasteiger partial charge in [0, 0.05) is 13.1 Å². The number of nitrogens with zero attached hydrogens (tertiary/aromatic N) is 1. The molecule has 5 heteroatoms. The van der Waals surface area contributed by atoms with E-state index in [-0.39, 0.29) is 0 Å². The van der Waals surface area contributed by atoms with Gasteiger partial charge in [0.25, 0.3) is 0 Å². The fourth-order valence-electron chi connectivity index (χ4n) is 2.01. The summed E-state index contributed by atoms with van der Waals surface area (Å²) in [4.78, 5) is 2.40. The van der Waals surface area contributed by atoms with Gasteiger partial charge in [-0.3, -0.25) is 0 Å². The number of nitrogens with one attached hydrogen (secondary N) is 1. The van der Waals surface area contributed by atoms with Crippen LogP contribution in [0.1, 0.15) is 25.8 Å². The van der Waals surface area contributed by atoms with E-state index in [0.717, 1.165) is 53.1 Å². The fraction of sp³-hybridized carbons (Fsp3) is 0.714. The molecule has 0 unspecified atom stereocenters. The van der Waals surface area contributed by atoms with Crippen LogP contribution in [0.25, 0.3) is 0 Å². The van der Waals surface area contributed by atoms with Crippen molar-refractivity contribution in [3.63, 3.8) is 0 Å². The van der Waals surface area contributed by atoms with Gasteiger partial charge < -0.3 is 15.0 Å². The van der Waals surface area contributed by atoms with E-state index in [9.17, 15) is 0 Å². The average Bonchev–Trinajstić information content (AvgIpc) is 2.44. The van der Waals surface area contributed by atoms with E-state index in [4.69, 9.17) is 29.2 Å². The van der Waals surface area contributed by atoms with Crippen molar-refractivity contribution in [1.29, 1.82) is 0 Å². The first kappa shape index (κ1) is 16.7. The Hall–Kier alpha value is -0.360. The molecule has 0 aliphatic rings. The first-order valence-corrected chi connectivity index (χ1v) is 7.77. The highest BCUT2D eigenvalue weighted by molar-refractivity contribution is 7.74. The lowest BCUT2D eigenvalue weighted by molar-refractivity contribution is 0.113. The highest BCUT2D eigenvalue weighted by Gasteiger charge is 2.08. The van der Waals surface area contributed by atoms with Gasteiger partial charge in [0.05, 0.1) is 27.9 Å². The normalized spacial score (nSPS) is 11.4. The number of rotatable bonds is 10. The smallest absolute Gasteiger partial charge is 0.0795 e. The van der Waals surface area contributed by atoms with Gasteiger partial charge in [0.1, 0.15) is 0 Å². The maximum atomic E-state index is 5.63. The molecule has 0 amide bonds. The SMILES string of the molecule is CCCN(CC)CCOCCNc1c(C)c(=S)c1=S. The second-order valence-electron chi connectivity index (χ2n) is 4.63. The summed E-state index contributed by atoms with van der Waals surface area (Å²) in [5, 5.41) is 3.29. The predicted octanol–water partition coefficient (Wildman–Crippen LogP) is 3.49.